The highest BCUT2D eigenvalue weighted by molar-refractivity contribution is 5.76. The monoisotopic (exact) mass is 252 g/mol. The molecule has 18 heavy (non-hydrogen) atoms. The topological polar surface area (TPSA) is 41.1 Å². The Morgan fingerprint density at radius 1 is 1.22 bits per heavy atom. The molecule has 104 valence electrons. The zero-order valence-electron chi connectivity index (χ0n) is 11.7. The molecule has 1 saturated heterocycles. The molecule has 2 rings (SSSR count). The minimum Gasteiger partial charge on any atom is -0.353 e. The van der Waals surface area contributed by atoms with E-state index < -0.39 is 0 Å². The lowest BCUT2D eigenvalue weighted by molar-refractivity contribution is -0.122. The first-order valence-electron chi connectivity index (χ1n) is 7.76. The van der Waals surface area contributed by atoms with Crippen molar-refractivity contribution in [1.29, 1.82) is 0 Å². The molecular formula is C15H28N2O. The van der Waals surface area contributed by atoms with Crippen LogP contribution in [0.25, 0.3) is 0 Å². The van der Waals surface area contributed by atoms with E-state index >= 15 is 0 Å². The lowest BCUT2D eigenvalue weighted by Crippen LogP contribution is -2.37. The fraction of sp³-hybridized carbons (Fsp3) is 0.933. The molecule has 0 spiro atoms. The molecule has 0 aromatic rings. The number of amides is 1. The minimum atomic E-state index is 0.271. The number of rotatable bonds is 5. The van der Waals surface area contributed by atoms with Gasteiger partial charge in [0.1, 0.15) is 0 Å². The maximum Gasteiger partial charge on any atom is 0.220 e. The molecule has 2 N–H and O–H groups in total. The Kier molecular flexibility index (Phi) is 5.48. The highest BCUT2D eigenvalue weighted by Crippen LogP contribution is 2.27. The van der Waals surface area contributed by atoms with Gasteiger partial charge in [0, 0.05) is 12.5 Å². The van der Waals surface area contributed by atoms with Gasteiger partial charge in [0.25, 0.3) is 0 Å². The van der Waals surface area contributed by atoms with Gasteiger partial charge in [-0.2, -0.15) is 0 Å². The summed E-state index contributed by atoms with van der Waals surface area (Å²) in [6.45, 7) is 4.44. The van der Waals surface area contributed by atoms with Gasteiger partial charge in [0.05, 0.1) is 0 Å². The number of nitrogens with one attached hydrogen (secondary N) is 2. The Balaban J connectivity index is 1.61. The SMILES string of the molecule is C[C@@H](NC(=O)CCC1CCNCC1)C1CCCC1. The predicted molar refractivity (Wildman–Crippen MR) is 74.4 cm³/mol. The molecule has 1 heterocycles. The second-order valence-corrected chi connectivity index (χ2v) is 6.13. The molecule has 1 aliphatic heterocycles. The molecule has 0 radical (unpaired) electrons. The summed E-state index contributed by atoms with van der Waals surface area (Å²) >= 11 is 0. The fourth-order valence-corrected chi connectivity index (χ4v) is 3.41. The van der Waals surface area contributed by atoms with Crippen LogP contribution in [0, 0.1) is 11.8 Å². The first-order valence-corrected chi connectivity index (χ1v) is 7.76. The van der Waals surface area contributed by atoms with Crippen LogP contribution in [-0.2, 0) is 4.79 Å². The molecule has 0 aromatic heterocycles. The highest BCUT2D eigenvalue weighted by atomic mass is 16.1. The largest absolute Gasteiger partial charge is 0.353 e. The second kappa shape index (κ2) is 7.13. The number of hydrogen-bond acceptors (Lipinski definition) is 2. The van der Waals surface area contributed by atoms with E-state index in [-0.39, 0.29) is 5.91 Å². The van der Waals surface area contributed by atoms with Gasteiger partial charge in [0.15, 0.2) is 0 Å². The van der Waals surface area contributed by atoms with Crippen LogP contribution in [0.15, 0.2) is 0 Å². The van der Waals surface area contributed by atoms with Crippen molar-refractivity contribution in [3.05, 3.63) is 0 Å². The zero-order chi connectivity index (χ0) is 12.8. The van der Waals surface area contributed by atoms with Crippen LogP contribution in [0.2, 0.25) is 0 Å². The summed E-state index contributed by atoms with van der Waals surface area (Å²) in [5.74, 6) is 1.76. The first-order chi connectivity index (χ1) is 8.75. The van der Waals surface area contributed by atoms with Gasteiger partial charge in [0.2, 0.25) is 5.91 Å². The third kappa shape index (κ3) is 4.27. The van der Waals surface area contributed by atoms with Crippen LogP contribution in [-0.4, -0.2) is 25.0 Å². The third-order valence-corrected chi connectivity index (χ3v) is 4.73. The van der Waals surface area contributed by atoms with Crippen LogP contribution < -0.4 is 10.6 Å². The lowest BCUT2D eigenvalue weighted by Gasteiger charge is -2.23. The maximum atomic E-state index is 11.9. The summed E-state index contributed by atoms with van der Waals surface area (Å²) in [5.41, 5.74) is 0. The molecule has 3 heteroatoms. The maximum absolute atomic E-state index is 11.9. The van der Waals surface area contributed by atoms with E-state index in [1.54, 1.807) is 0 Å². The number of carbonyl (C=O) groups is 1. The lowest BCUT2D eigenvalue weighted by atomic mass is 9.93. The van der Waals surface area contributed by atoms with Gasteiger partial charge in [-0.05, 0) is 64.0 Å². The summed E-state index contributed by atoms with van der Waals surface area (Å²) in [6, 6.07) is 0.382. The molecular weight excluding hydrogens is 224 g/mol. The van der Waals surface area contributed by atoms with E-state index in [0.29, 0.717) is 6.04 Å². The van der Waals surface area contributed by atoms with Crippen molar-refractivity contribution in [3.8, 4) is 0 Å². The van der Waals surface area contributed by atoms with E-state index in [1.165, 1.54) is 38.5 Å². The summed E-state index contributed by atoms with van der Waals surface area (Å²) in [5, 5.41) is 6.58. The Labute approximate surface area is 111 Å². The molecule has 1 aliphatic carbocycles. The summed E-state index contributed by atoms with van der Waals surface area (Å²) in [6.07, 6.45) is 9.58. The summed E-state index contributed by atoms with van der Waals surface area (Å²) in [7, 11) is 0. The zero-order valence-corrected chi connectivity index (χ0v) is 11.7. The number of piperidine rings is 1. The Morgan fingerprint density at radius 2 is 1.89 bits per heavy atom. The van der Waals surface area contributed by atoms with Crippen molar-refractivity contribution in [3.63, 3.8) is 0 Å². The molecule has 1 saturated carbocycles. The summed E-state index contributed by atoms with van der Waals surface area (Å²) in [4.78, 5) is 11.9. The molecule has 2 aliphatic rings. The standard InChI is InChI=1S/C15H28N2O/c1-12(14-4-2-3-5-14)17-15(18)7-6-13-8-10-16-11-9-13/h12-14,16H,2-11H2,1H3,(H,17,18)/t12-/m1/s1. The van der Waals surface area contributed by atoms with Gasteiger partial charge in [-0.25, -0.2) is 0 Å². The minimum absolute atomic E-state index is 0.271. The van der Waals surface area contributed by atoms with Gasteiger partial charge in [-0.15, -0.1) is 0 Å². The number of hydrogen-bond donors (Lipinski definition) is 2. The predicted octanol–water partition coefficient (Wildman–Crippen LogP) is 2.46. The van der Waals surface area contributed by atoms with Crippen LogP contribution in [0.1, 0.15) is 58.3 Å². The quantitative estimate of drug-likeness (QED) is 0.789. The van der Waals surface area contributed by atoms with Crippen LogP contribution in [0.5, 0.6) is 0 Å². The van der Waals surface area contributed by atoms with E-state index in [0.717, 1.165) is 37.8 Å². The normalized spacial score (nSPS) is 24.1. The van der Waals surface area contributed by atoms with Gasteiger partial charge in [-0.3, -0.25) is 4.79 Å². The van der Waals surface area contributed by atoms with E-state index in [4.69, 9.17) is 0 Å². The summed E-state index contributed by atoms with van der Waals surface area (Å²) < 4.78 is 0. The Morgan fingerprint density at radius 3 is 2.56 bits per heavy atom. The van der Waals surface area contributed by atoms with Crippen molar-refractivity contribution in [2.24, 2.45) is 11.8 Å². The van der Waals surface area contributed by atoms with Gasteiger partial charge >= 0.3 is 0 Å². The van der Waals surface area contributed by atoms with Crippen molar-refractivity contribution in [1.82, 2.24) is 10.6 Å². The molecule has 0 aromatic carbocycles. The van der Waals surface area contributed by atoms with Gasteiger partial charge < -0.3 is 10.6 Å². The first kappa shape index (κ1) is 13.9. The van der Waals surface area contributed by atoms with Crippen LogP contribution in [0.3, 0.4) is 0 Å². The molecule has 0 unspecified atom stereocenters. The van der Waals surface area contributed by atoms with Crippen molar-refractivity contribution in [2.45, 2.75) is 64.3 Å². The fourth-order valence-electron chi connectivity index (χ4n) is 3.41. The molecule has 1 atom stereocenters. The van der Waals surface area contributed by atoms with Crippen molar-refractivity contribution in [2.75, 3.05) is 13.1 Å². The average Bonchev–Trinajstić information content (AvgIpc) is 2.91. The molecule has 2 fully saturated rings. The van der Waals surface area contributed by atoms with Crippen molar-refractivity contribution >= 4 is 5.91 Å². The van der Waals surface area contributed by atoms with Crippen LogP contribution >= 0.6 is 0 Å². The van der Waals surface area contributed by atoms with Crippen molar-refractivity contribution < 1.29 is 4.79 Å². The Bertz CT molecular complexity index is 255. The average molecular weight is 252 g/mol. The Hall–Kier alpha value is -0.570. The molecule has 3 nitrogen and oxygen atoms in total. The smallest absolute Gasteiger partial charge is 0.220 e. The van der Waals surface area contributed by atoms with E-state index in [9.17, 15) is 4.79 Å². The van der Waals surface area contributed by atoms with Crippen LogP contribution in [0.4, 0.5) is 0 Å². The second-order valence-electron chi connectivity index (χ2n) is 6.13. The highest BCUT2D eigenvalue weighted by Gasteiger charge is 2.23. The third-order valence-electron chi connectivity index (χ3n) is 4.73. The van der Waals surface area contributed by atoms with E-state index in [2.05, 4.69) is 17.6 Å². The molecule has 0 bridgehead atoms. The number of carbonyl (C=O) groups excluding carboxylic acids is 1. The van der Waals surface area contributed by atoms with E-state index in [1.807, 2.05) is 0 Å². The van der Waals surface area contributed by atoms with Gasteiger partial charge in [-0.1, -0.05) is 12.8 Å². The molecule has 1 amide bonds.